The van der Waals surface area contributed by atoms with Crippen LogP contribution in [0.5, 0.6) is 0 Å². The van der Waals surface area contributed by atoms with Crippen molar-refractivity contribution >= 4 is 11.7 Å². The molecule has 0 radical (unpaired) electrons. The van der Waals surface area contributed by atoms with E-state index in [9.17, 15) is 20.0 Å². The fourth-order valence-corrected chi connectivity index (χ4v) is 0.719. The van der Waals surface area contributed by atoms with Gasteiger partial charge in [0.15, 0.2) is 0 Å². The first-order valence-electron chi connectivity index (χ1n) is 3.07. The Balaban J connectivity index is 0.00000144. The summed E-state index contributed by atoms with van der Waals surface area (Å²) >= 11 is 0. The first kappa shape index (κ1) is 12.7. The number of nitro groups is 1. The van der Waals surface area contributed by atoms with Crippen molar-refractivity contribution < 1.29 is 66.2 Å². The van der Waals surface area contributed by atoms with Crippen LogP contribution >= 0.6 is 0 Å². The van der Waals surface area contributed by atoms with Crippen LogP contribution in [0.3, 0.4) is 0 Å². The molecule has 0 aliphatic rings. The van der Waals surface area contributed by atoms with Gasteiger partial charge in [0.1, 0.15) is 0 Å². The van der Waals surface area contributed by atoms with Gasteiger partial charge in [0, 0.05) is 12.1 Å². The fraction of sp³-hybridized carbons (Fsp3) is 0. The van der Waals surface area contributed by atoms with Crippen LogP contribution < -0.4 is 56.5 Å². The second-order valence-corrected chi connectivity index (χ2v) is 2.09. The maximum Gasteiger partial charge on any atom is 1.00 e. The largest absolute Gasteiger partial charge is 1.00 e. The molecule has 1 aromatic carbocycles. The number of carboxylic acid groups (broad SMARTS) is 1. The zero-order chi connectivity index (χ0) is 9.14. The van der Waals surface area contributed by atoms with Gasteiger partial charge in [-0.05, 0) is 17.7 Å². The number of nitro benzene ring substituents is 1. The van der Waals surface area contributed by atoms with E-state index in [-0.39, 0.29) is 62.6 Å². The number of carboxylic acids is 1. The fourth-order valence-electron chi connectivity index (χ4n) is 0.719. The predicted octanol–water partition coefficient (Wildman–Crippen LogP) is -3.04. The molecule has 0 heterocycles. The number of hydrogen-bond acceptors (Lipinski definition) is 4. The van der Waals surface area contributed by atoms with Gasteiger partial charge in [-0.2, -0.15) is 0 Å². The summed E-state index contributed by atoms with van der Waals surface area (Å²) in [5.41, 5.74) is -0.208. The van der Waals surface area contributed by atoms with Gasteiger partial charge in [-0.1, -0.05) is 0 Å². The molecule has 5 nitrogen and oxygen atoms in total. The maximum atomic E-state index is 10.2. The molecule has 0 saturated heterocycles. The van der Waals surface area contributed by atoms with Gasteiger partial charge in [-0.15, -0.1) is 0 Å². The summed E-state index contributed by atoms with van der Waals surface area (Å²) in [7, 11) is 0. The molecular weight excluding hydrogens is 201 g/mol. The van der Waals surface area contributed by atoms with Crippen LogP contribution in [-0.4, -0.2) is 10.9 Å². The van der Waals surface area contributed by atoms with Gasteiger partial charge < -0.3 is 9.90 Å². The first-order valence-corrected chi connectivity index (χ1v) is 3.07. The van der Waals surface area contributed by atoms with E-state index in [0.29, 0.717) is 0 Å². The SMILES string of the molecule is O=C([O-])c1ccc([N+](=O)[O-])cc1.[K+]. The Morgan fingerprint density at radius 3 is 2.00 bits per heavy atom. The molecule has 0 fully saturated rings. The topological polar surface area (TPSA) is 83.3 Å². The van der Waals surface area contributed by atoms with Crippen molar-refractivity contribution in [3.05, 3.63) is 39.9 Å². The molecule has 0 N–H and O–H groups in total. The summed E-state index contributed by atoms with van der Waals surface area (Å²) in [5.74, 6) is -1.34. The van der Waals surface area contributed by atoms with E-state index in [0.717, 1.165) is 24.3 Å². The molecule has 0 aliphatic heterocycles. The maximum absolute atomic E-state index is 10.2. The molecule has 0 bridgehead atoms. The number of non-ortho nitro benzene ring substituents is 1. The molecule has 13 heavy (non-hydrogen) atoms. The van der Waals surface area contributed by atoms with E-state index in [2.05, 4.69) is 0 Å². The quantitative estimate of drug-likeness (QED) is 0.292. The summed E-state index contributed by atoms with van der Waals surface area (Å²) in [6, 6.07) is 4.50. The minimum atomic E-state index is -1.34. The van der Waals surface area contributed by atoms with E-state index >= 15 is 0 Å². The molecule has 0 unspecified atom stereocenters. The molecule has 0 aliphatic carbocycles. The zero-order valence-electron chi connectivity index (χ0n) is 6.89. The second kappa shape index (κ2) is 5.46. The minimum absolute atomic E-state index is 0. The monoisotopic (exact) mass is 205 g/mol. The van der Waals surface area contributed by atoms with Crippen LogP contribution in [0.25, 0.3) is 0 Å². The Morgan fingerprint density at radius 2 is 1.69 bits per heavy atom. The Hall–Kier alpha value is -0.274. The second-order valence-electron chi connectivity index (χ2n) is 2.09. The van der Waals surface area contributed by atoms with Crippen molar-refractivity contribution in [2.24, 2.45) is 0 Å². The van der Waals surface area contributed by atoms with E-state index in [1.165, 1.54) is 0 Å². The average molecular weight is 205 g/mol. The van der Waals surface area contributed by atoms with Crippen LogP contribution in [-0.2, 0) is 0 Å². The third kappa shape index (κ3) is 3.53. The van der Waals surface area contributed by atoms with Crippen molar-refractivity contribution in [2.75, 3.05) is 0 Å². The van der Waals surface area contributed by atoms with Gasteiger partial charge in [-0.3, -0.25) is 10.1 Å². The number of hydrogen-bond donors (Lipinski definition) is 0. The summed E-state index contributed by atoms with van der Waals surface area (Å²) in [5, 5.41) is 20.3. The van der Waals surface area contributed by atoms with E-state index in [1.54, 1.807) is 0 Å². The number of carbonyl (C=O) groups is 1. The molecule has 0 spiro atoms. The van der Waals surface area contributed by atoms with E-state index in [4.69, 9.17) is 0 Å². The van der Waals surface area contributed by atoms with Gasteiger partial charge in [0.05, 0.1) is 10.9 Å². The van der Waals surface area contributed by atoms with Crippen LogP contribution in [0.1, 0.15) is 10.4 Å². The van der Waals surface area contributed by atoms with Crippen LogP contribution in [0.15, 0.2) is 24.3 Å². The van der Waals surface area contributed by atoms with Crippen LogP contribution in [0, 0.1) is 10.1 Å². The smallest absolute Gasteiger partial charge is 0.545 e. The van der Waals surface area contributed by atoms with E-state index < -0.39 is 10.9 Å². The predicted molar refractivity (Wildman–Crippen MR) is 37.4 cm³/mol. The summed E-state index contributed by atoms with van der Waals surface area (Å²) in [6.07, 6.45) is 0. The molecule has 62 valence electrons. The molecule has 0 saturated carbocycles. The number of carbonyl (C=O) groups excluding carboxylic acids is 1. The molecule has 0 atom stereocenters. The van der Waals surface area contributed by atoms with E-state index in [1.807, 2.05) is 0 Å². The minimum Gasteiger partial charge on any atom is -0.545 e. The third-order valence-electron chi connectivity index (χ3n) is 1.31. The van der Waals surface area contributed by atoms with Gasteiger partial charge in [0.25, 0.3) is 5.69 Å². The third-order valence-corrected chi connectivity index (χ3v) is 1.31. The standard InChI is InChI=1S/C7H5NO4.K/c9-7(10)5-1-3-6(4-2-5)8(11)12;/h1-4H,(H,9,10);/q;+1/p-1. The Kier molecular flexibility index (Phi) is 5.34. The number of nitrogens with zero attached hydrogens (tertiary/aromatic N) is 1. The van der Waals surface area contributed by atoms with Crippen LogP contribution in [0.2, 0.25) is 0 Å². The molecule has 1 aromatic rings. The number of rotatable bonds is 2. The summed E-state index contributed by atoms with van der Waals surface area (Å²) in [6.45, 7) is 0. The number of aromatic carboxylic acids is 1. The summed E-state index contributed by atoms with van der Waals surface area (Å²) < 4.78 is 0. The number of benzene rings is 1. The molecule has 1 rings (SSSR count). The van der Waals surface area contributed by atoms with Gasteiger partial charge >= 0.3 is 51.4 Å². The Labute approximate surface area is 116 Å². The molecule has 0 aromatic heterocycles. The Bertz CT molecular complexity index is 289. The average Bonchev–Trinajstić information content (AvgIpc) is 2.04. The van der Waals surface area contributed by atoms with Crippen molar-refractivity contribution in [1.29, 1.82) is 0 Å². The van der Waals surface area contributed by atoms with Crippen LogP contribution in [0.4, 0.5) is 5.69 Å². The van der Waals surface area contributed by atoms with Crippen molar-refractivity contribution in [2.45, 2.75) is 0 Å². The van der Waals surface area contributed by atoms with Gasteiger partial charge in [0.2, 0.25) is 0 Å². The first-order chi connectivity index (χ1) is 5.61. The molecular formula is C7H4KNO4. The molecule has 6 heteroatoms. The van der Waals surface area contributed by atoms with Gasteiger partial charge in [-0.25, -0.2) is 0 Å². The molecule has 0 amide bonds. The Morgan fingerprint density at radius 1 is 1.23 bits per heavy atom. The zero-order valence-corrected chi connectivity index (χ0v) is 10.0. The van der Waals surface area contributed by atoms with Crippen molar-refractivity contribution in [1.82, 2.24) is 0 Å². The van der Waals surface area contributed by atoms with Crippen molar-refractivity contribution in [3.8, 4) is 0 Å². The normalized spacial score (nSPS) is 8.62. The van der Waals surface area contributed by atoms with Crippen molar-refractivity contribution in [3.63, 3.8) is 0 Å². The summed E-state index contributed by atoms with van der Waals surface area (Å²) in [4.78, 5) is 19.7.